The second kappa shape index (κ2) is 13.8. The Balaban J connectivity index is 1.48. The van der Waals surface area contributed by atoms with Gasteiger partial charge in [-0.15, -0.1) is 0 Å². The van der Waals surface area contributed by atoms with Crippen molar-refractivity contribution in [2.75, 3.05) is 26.2 Å². The second-order valence-corrected chi connectivity index (χ2v) is 14.0. The quantitative estimate of drug-likeness (QED) is 0.321. The lowest BCUT2D eigenvalue weighted by molar-refractivity contribution is -0.154. The Morgan fingerprint density at radius 1 is 0.659 bits per heavy atom. The first-order chi connectivity index (χ1) is 19.1. The summed E-state index contributed by atoms with van der Waals surface area (Å²) in [4.78, 5) is 62.7. The van der Waals surface area contributed by atoms with Gasteiger partial charge in [-0.25, -0.2) is 21.0 Å². The molecule has 3 fully saturated rings. The van der Waals surface area contributed by atoms with Crippen molar-refractivity contribution < 1.29 is 28.9 Å². The van der Waals surface area contributed by atoms with Crippen LogP contribution in [0.5, 0.6) is 0 Å². The number of amides is 4. The van der Waals surface area contributed by atoms with Crippen LogP contribution in [-0.4, -0.2) is 71.0 Å². The molecular formula is C29H52N6O6. The Morgan fingerprint density at radius 2 is 1.10 bits per heavy atom. The number of carbonyl (C=O) groups is 4. The highest BCUT2D eigenvalue weighted by molar-refractivity contribution is 5.90. The predicted molar refractivity (Wildman–Crippen MR) is 153 cm³/mol. The van der Waals surface area contributed by atoms with Gasteiger partial charge < -0.3 is 0 Å². The molecule has 1 saturated carbocycles. The van der Waals surface area contributed by atoms with Crippen molar-refractivity contribution in [3.63, 3.8) is 0 Å². The zero-order valence-corrected chi connectivity index (χ0v) is 26.1. The van der Waals surface area contributed by atoms with E-state index in [0.29, 0.717) is 64.7 Å². The van der Waals surface area contributed by atoms with Crippen molar-refractivity contribution >= 4 is 23.6 Å². The fraction of sp³-hybridized carbons (Fsp3) is 0.862. The van der Waals surface area contributed by atoms with Crippen molar-refractivity contribution in [3.05, 3.63) is 0 Å². The molecule has 0 spiro atoms. The molecule has 41 heavy (non-hydrogen) atoms. The topological polar surface area (TPSA) is 141 Å². The average Bonchev–Trinajstić information content (AvgIpc) is 2.90. The molecule has 234 valence electrons. The number of hydrogen-bond acceptors (Lipinski definition) is 8. The van der Waals surface area contributed by atoms with Gasteiger partial charge in [-0.1, -0.05) is 12.8 Å². The van der Waals surface area contributed by atoms with Gasteiger partial charge >= 0.3 is 0 Å². The Bertz CT molecular complexity index is 931. The maximum Gasteiger partial charge on any atom is 0.246 e. The fourth-order valence-corrected chi connectivity index (χ4v) is 5.61. The summed E-state index contributed by atoms with van der Waals surface area (Å²) in [5.74, 6) is -1.35. The van der Waals surface area contributed by atoms with E-state index in [-0.39, 0.29) is 35.5 Å². The zero-order chi connectivity index (χ0) is 30.4. The van der Waals surface area contributed by atoms with E-state index in [0.717, 1.165) is 12.8 Å². The molecule has 4 amide bonds. The Labute approximate surface area is 244 Å². The lowest BCUT2D eigenvalue weighted by Crippen LogP contribution is -2.58. The summed E-state index contributed by atoms with van der Waals surface area (Å²) in [5, 5.41) is 3.73. The molecule has 3 rings (SSSR count). The number of hydrazine groups is 2. The van der Waals surface area contributed by atoms with Crippen LogP contribution >= 0.6 is 0 Å². The summed E-state index contributed by atoms with van der Waals surface area (Å²) in [5.41, 5.74) is 9.45. The molecule has 4 N–H and O–H groups in total. The molecule has 2 heterocycles. The van der Waals surface area contributed by atoms with Crippen LogP contribution in [0.4, 0.5) is 0 Å². The van der Waals surface area contributed by atoms with Gasteiger partial charge in [-0.3, -0.25) is 39.7 Å². The van der Waals surface area contributed by atoms with Crippen LogP contribution in [-0.2, 0) is 28.9 Å². The van der Waals surface area contributed by atoms with Crippen molar-refractivity contribution in [3.8, 4) is 0 Å². The van der Waals surface area contributed by atoms with Gasteiger partial charge in [-0.2, -0.15) is 0 Å². The van der Waals surface area contributed by atoms with Gasteiger partial charge in [0.15, 0.2) is 0 Å². The number of nitrogens with zero attached hydrogens (tertiary/aromatic N) is 2. The largest absolute Gasteiger partial charge is 0.289 e. The molecule has 2 saturated heterocycles. The van der Waals surface area contributed by atoms with Gasteiger partial charge in [-0.05, 0) is 87.0 Å². The second-order valence-electron chi connectivity index (χ2n) is 14.0. The van der Waals surface area contributed by atoms with Crippen LogP contribution < -0.4 is 21.8 Å². The molecular weight excluding hydrogens is 528 g/mol. The van der Waals surface area contributed by atoms with Crippen LogP contribution in [0.25, 0.3) is 0 Å². The molecule has 1 aliphatic carbocycles. The molecule has 2 atom stereocenters. The Hall–Kier alpha value is -2.28. The number of rotatable bonds is 8. The van der Waals surface area contributed by atoms with Gasteiger partial charge in [0.1, 0.15) is 0 Å². The summed E-state index contributed by atoms with van der Waals surface area (Å²) in [6.45, 7) is 15.3. The van der Waals surface area contributed by atoms with E-state index < -0.39 is 22.5 Å². The SMILES string of the molecule is CC(C)(C)ONC(=O)C1CCN(NC(=O)C2CCCCC2(C)C(=O)NN2CCC(C(=O)NOC(C)(C)C)CC2)CC1. The van der Waals surface area contributed by atoms with Crippen molar-refractivity contribution in [2.24, 2.45) is 23.2 Å². The smallest absolute Gasteiger partial charge is 0.246 e. The minimum absolute atomic E-state index is 0.134. The number of piperidine rings is 2. The molecule has 2 aliphatic heterocycles. The molecule has 3 aliphatic rings. The first-order valence-electron chi connectivity index (χ1n) is 15.1. The monoisotopic (exact) mass is 580 g/mol. The van der Waals surface area contributed by atoms with Gasteiger partial charge in [0.25, 0.3) is 0 Å². The molecule has 0 aromatic rings. The highest BCUT2D eigenvalue weighted by Crippen LogP contribution is 2.42. The third-order valence-electron chi connectivity index (χ3n) is 8.22. The van der Waals surface area contributed by atoms with Crippen molar-refractivity contribution in [1.82, 2.24) is 31.8 Å². The zero-order valence-electron chi connectivity index (χ0n) is 26.1. The van der Waals surface area contributed by atoms with Gasteiger partial charge in [0, 0.05) is 38.0 Å². The van der Waals surface area contributed by atoms with Crippen LogP contribution in [0.15, 0.2) is 0 Å². The van der Waals surface area contributed by atoms with Crippen molar-refractivity contribution in [1.29, 1.82) is 0 Å². The summed E-state index contributed by atoms with van der Waals surface area (Å²) in [6, 6.07) is 0. The summed E-state index contributed by atoms with van der Waals surface area (Å²) < 4.78 is 0. The minimum atomic E-state index is -0.834. The van der Waals surface area contributed by atoms with E-state index in [2.05, 4.69) is 21.8 Å². The minimum Gasteiger partial charge on any atom is -0.289 e. The molecule has 2 unspecified atom stereocenters. The van der Waals surface area contributed by atoms with Crippen molar-refractivity contribution in [2.45, 2.75) is 111 Å². The van der Waals surface area contributed by atoms with E-state index >= 15 is 0 Å². The fourth-order valence-electron chi connectivity index (χ4n) is 5.61. The van der Waals surface area contributed by atoms with E-state index in [4.69, 9.17) is 9.68 Å². The normalized spacial score (nSPS) is 25.8. The molecule has 0 bridgehead atoms. The number of hydrogen-bond donors (Lipinski definition) is 4. The lowest BCUT2D eigenvalue weighted by Gasteiger charge is -2.42. The highest BCUT2D eigenvalue weighted by Gasteiger charge is 2.47. The van der Waals surface area contributed by atoms with Crippen LogP contribution in [0.1, 0.15) is 99.8 Å². The predicted octanol–water partition coefficient (Wildman–Crippen LogP) is 2.36. The third kappa shape index (κ3) is 9.90. The third-order valence-corrected chi connectivity index (χ3v) is 8.22. The Morgan fingerprint density at radius 3 is 1.54 bits per heavy atom. The van der Waals surface area contributed by atoms with Crippen LogP contribution in [0.2, 0.25) is 0 Å². The summed E-state index contributed by atoms with van der Waals surface area (Å²) in [6.07, 6.45) is 5.50. The standard InChI is InChI=1S/C29H52N6O6/c1-27(2,3)40-32-23(36)20-11-16-34(17-12-20)30-25(38)22-10-8-9-15-29(22,7)26(39)31-35-18-13-21(14-19-35)24(37)33-41-28(4,5)6/h20-22H,8-19H2,1-7H3,(H,30,38)(H,31,39)(H,32,36)(H,33,37). The number of nitrogens with one attached hydrogen (secondary N) is 4. The molecule has 12 nitrogen and oxygen atoms in total. The summed E-state index contributed by atoms with van der Waals surface area (Å²) >= 11 is 0. The van der Waals surface area contributed by atoms with Gasteiger partial charge in [0.2, 0.25) is 23.6 Å². The maximum absolute atomic E-state index is 13.6. The van der Waals surface area contributed by atoms with Crippen LogP contribution in [0, 0.1) is 23.2 Å². The molecule has 0 aromatic heterocycles. The first-order valence-corrected chi connectivity index (χ1v) is 15.1. The lowest BCUT2D eigenvalue weighted by atomic mass is 9.66. The molecule has 12 heteroatoms. The van der Waals surface area contributed by atoms with Crippen LogP contribution in [0.3, 0.4) is 0 Å². The Kier molecular flexibility index (Phi) is 11.2. The van der Waals surface area contributed by atoms with E-state index in [9.17, 15) is 19.2 Å². The number of hydroxylamine groups is 2. The molecule has 0 radical (unpaired) electrons. The average molecular weight is 581 g/mol. The summed E-state index contributed by atoms with van der Waals surface area (Å²) in [7, 11) is 0. The van der Waals surface area contributed by atoms with E-state index in [1.165, 1.54) is 0 Å². The first kappa shape index (κ1) is 33.2. The van der Waals surface area contributed by atoms with E-state index in [1.54, 1.807) is 0 Å². The maximum atomic E-state index is 13.6. The van der Waals surface area contributed by atoms with Gasteiger partial charge in [0.05, 0.1) is 22.5 Å². The number of carbonyl (C=O) groups excluding carboxylic acids is 4. The highest BCUT2D eigenvalue weighted by atomic mass is 16.7. The van der Waals surface area contributed by atoms with E-state index in [1.807, 2.05) is 58.5 Å². The molecule has 0 aromatic carbocycles.